The van der Waals surface area contributed by atoms with Gasteiger partial charge in [0.2, 0.25) is 5.78 Å². The Hall–Kier alpha value is -3.04. The van der Waals surface area contributed by atoms with Gasteiger partial charge >= 0.3 is 6.03 Å². The van der Waals surface area contributed by atoms with Gasteiger partial charge in [0.1, 0.15) is 0 Å². The van der Waals surface area contributed by atoms with Gasteiger partial charge in [0.15, 0.2) is 5.65 Å². The summed E-state index contributed by atoms with van der Waals surface area (Å²) in [6, 6.07) is 9.04. The number of carbonyl (C=O) groups is 2. The second-order valence-corrected chi connectivity index (χ2v) is 8.38. The van der Waals surface area contributed by atoms with Crippen LogP contribution in [0.15, 0.2) is 48.1 Å². The molecule has 28 heavy (non-hydrogen) atoms. The van der Waals surface area contributed by atoms with E-state index in [0.717, 1.165) is 15.6 Å². The summed E-state index contributed by atoms with van der Waals surface area (Å²) in [5, 5.41) is 12.6. The molecule has 0 aromatic carbocycles. The number of hydrogen-bond acceptors (Lipinski definition) is 6. The number of rotatable bonds is 5. The highest BCUT2D eigenvalue weighted by Crippen LogP contribution is 2.32. The molecule has 4 heterocycles. The summed E-state index contributed by atoms with van der Waals surface area (Å²) in [5.41, 5.74) is 1.78. The van der Waals surface area contributed by atoms with E-state index in [1.54, 1.807) is 23.0 Å². The number of thiophene rings is 2. The summed E-state index contributed by atoms with van der Waals surface area (Å²) in [7, 11) is 0. The summed E-state index contributed by atoms with van der Waals surface area (Å²) >= 11 is 2.82. The molecule has 0 saturated heterocycles. The highest BCUT2D eigenvalue weighted by molar-refractivity contribution is 7.19. The number of nitrogens with zero attached hydrogens (tertiary/aromatic N) is 3. The zero-order chi connectivity index (χ0) is 19.7. The third-order valence-electron chi connectivity index (χ3n) is 3.91. The SMILES string of the molecule is CC(C)NC(=O)Nc1ccc(-c2ccnc3c(C(=O)c4cccs4)cnn23)s1. The maximum Gasteiger partial charge on any atom is 0.320 e. The number of amides is 2. The molecule has 2 N–H and O–H groups in total. The predicted octanol–water partition coefficient (Wildman–Crippen LogP) is 4.28. The molecule has 0 atom stereocenters. The first-order chi connectivity index (χ1) is 13.5. The zero-order valence-electron chi connectivity index (χ0n) is 15.2. The van der Waals surface area contributed by atoms with Crippen LogP contribution in [-0.2, 0) is 0 Å². The van der Waals surface area contributed by atoms with Crippen molar-refractivity contribution in [2.45, 2.75) is 19.9 Å². The lowest BCUT2D eigenvalue weighted by atomic mass is 10.2. The van der Waals surface area contributed by atoms with Crippen molar-refractivity contribution >= 4 is 45.1 Å². The minimum absolute atomic E-state index is 0.0580. The molecular formula is C19H17N5O2S2. The van der Waals surface area contributed by atoms with Crippen LogP contribution >= 0.6 is 22.7 Å². The molecule has 0 spiro atoms. The standard InChI is InChI=1S/C19H17N5O2S2/c1-11(2)22-19(26)23-16-6-5-14(28-16)13-7-8-20-18-12(10-21-24(13)18)17(25)15-4-3-9-27-15/h3-11H,1-2H3,(H2,22,23,26). The number of anilines is 1. The number of aromatic nitrogens is 3. The average molecular weight is 412 g/mol. The summed E-state index contributed by atoms with van der Waals surface area (Å²) < 4.78 is 1.66. The summed E-state index contributed by atoms with van der Waals surface area (Å²) in [5.74, 6) is -0.0893. The number of ketones is 1. The molecule has 4 aromatic rings. The van der Waals surface area contributed by atoms with Crippen LogP contribution in [0.25, 0.3) is 16.2 Å². The van der Waals surface area contributed by atoms with E-state index in [9.17, 15) is 9.59 Å². The van der Waals surface area contributed by atoms with Gasteiger partial charge in [-0.25, -0.2) is 14.3 Å². The second-order valence-electron chi connectivity index (χ2n) is 6.35. The van der Waals surface area contributed by atoms with Crippen molar-refractivity contribution in [2.75, 3.05) is 5.32 Å². The van der Waals surface area contributed by atoms with Crippen molar-refractivity contribution < 1.29 is 9.59 Å². The predicted molar refractivity (Wildman–Crippen MR) is 111 cm³/mol. The van der Waals surface area contributed by atoms with Crippen LogP contribution in [0.2, 0.25) is 0 Å². The molecule has 2 amide bonds. The van der Waals surface area contributed by atoms with Crippen molar-refractivity contribution in [2.24, 2.45) is 0 Å². The molecule has 0 saturated carbocycles. The van der Waals surface area contributed by atoms with Crippen LogP contribution in [0.3, 0.4) is 0 Å². The molecule has 0 bridgehead atoms. The summed E-state index contributed by atoms with van der Waals surface area (Å²) in [4.78, 5) is 30.5. The van der Waals surface area contributed by atoms with Gasteiger partial charge in [-0.1, -0.05) is 6.07 Å². The van der Waals surface area contributed by atoms with Crippen LogP contribution in [0.4, 0.5) is 9.80 Å². The van der Waals surface area contributed by atoms with Gasteiger partial charge < -0.3 is 5.32 Å². The van der Waals surface area contributed by atoms with E-state index in [4.69, 9.17) is 0 Å². The Bertz CT molecular complexity index is 1140. The minimum atomic E-state index is -0.244. The molecule has 0 aliphatic rings. The Morgan fingerprint density at radius 3 is 2.79 bits per heavy atom. The van der Waals surface area contributed by atoms with Crippen LogP contribution in [0.1, 0.15) is 29.1 Å². The minimum Gasteiger partial charge on any atom is -0.336 e. The third kappa shape index (κ3) is 3.54. The van der Waals surface area contributed by atoms with E-state index in [-0.39, 0.29) is 17.9 Å². The van der Waals surface area contributed by atoms with Crippen molar-refractivity contribution in [3.8, 4) is 10.6 Å². The van der Waals surface area contributed by atoms with Crippen LogP contribution < -0.4 is 10.6 Å². The van der Waals surface area contributed by atoms with Crippen molar-refractivity contribution in [3.63, 3.8) is 0 Å². The molecular weight excluding hydrogens is 394 g/mol. The first-order valence-corrected chi connectivity index (χ1v) is 10.3. The molecule has 7 nitrogen and oxygen atoms in total. The van der Waals surface area contributed by atoms with E-state index in [0.29, 0.717) is 16.1 Å². The maximum atomic E-state index is 12.7. The first-order valence-electron chi connectivity index (χ1n) is 8.61. The molecule has 4 rings (SSSR count). The molecule has 0 fully saturated rings. The summed E-state index contributed by atoms with van der Waals surface area (Å²) in [6.45, 7) is 3.81. The monoisotopic (exact) mass is 411 g/mol. The normalized spacial score (nSPS) is 11.1. The first kappa shape index (κ1) is 18.3. The Kier molecular flexibility index (Phi) is 4.93. The highest BCUT2D eigenvalue weighted by Gasteiger charge is 2.19. The number of carbonyl (C=O) groups excluding carboxylic acids is 2. The number of hydrogen-bond donors (Lipinski definition) is 2. The van der Waals surface area contributed by atoms with Crippen molar-refractivity contribution in [1.82, 2.24) is 19.9 Å². The van der Waals surface area contributed by atoms with Gasteiger partial charge in [0.05, 0.1) is 32.2 Å². The summed E-state index contributed by atoms with van der Waals surface area (Å²) in [6.07, 6.45) is 3.21. The van der Waals surface area contributed by atoms with Gasteiger partial charge in [0.25, 0.3) is 0 Å². The number of urea groups is 1. The molecule has 0 unspecified atom stereocenters. The fourth-order valence-corrected chi connectivity index (χ4v) is 4.32. The number of fused-ring (bicyclic) bond motifs is 1. The third-order valence-corrected chi connectivity index (χ3v) is 5.80. The number of nitrogens with one attached hydrogen (secondary N) is 2. The van der Waals surface area contributed by atoms with Gasteiger partial charge in [-0.05, 0) is 43.5 Å². The zero-order valence-corrected chi connectivity index (χ0v) is 16.8. The van der Waals surface area contributed by atoms with E-state index in [1.807, 2.05) is 43.5 Å². The molecule has 4 aromatic heterocycles. The lowest BCUT2D eigenvalue weighted by Gasteiger charge is -2.08. The molecule has 9 heteroatoms. The molecule has 0 aliphatic carbocycles. The Balaban J connectivity index is 1.65. The largest absolute Gasteiger partial charge is 0.336 e. The highest BCUT2D eigenvalue weighted by atomic mass is 32.1. The Morgan fingerprint density at radius 2 is 2.04 bits per heavy atom. The van der Waals surface area contributed by atoms with Gasteiger partial charge in [-0.15, -0.1) is 22.7 Å². The second kappa shape index (κ2) is 7.53. The lowest BCUT2D eigenvalue weighted by molar-refractivity contribution is 0.104. The fourth-order valence-electron chi connectivity index (χ4n) is 2.73. The van der Waals surface area contributed by atoms with Gasteiger partial charge in [-0.2, -0.15) is 5.10 Å². The molecule has 0 aliphatic heterocycles. The van der Waals surface area contributed by atoms with E-state index >= 15 is 0 Å². The van der Waals surface area contributed by atoms with Crippen molar-refractivity contribution in [3.05, 3.63) is 58.5 Å². The Labute approximate surface area is 169 Å². The van der Waals surface area contributed by atoms with E-state index in [2.05, 4.69) is 20.7 Å². The Morgan fingerprint density at radius 1 is 1.18 bits per heavy atom. The molecule has 0 radical (unpaired) electrons. The molecule has 142 valence electrons. The van der Waals surface area contributed by atoms with Crippen LogP contribution in [-0.4, -0.2) is 32.5 Å². The van der Waals surface area contributed by atoms with Crippen LogP contribution in [0, 0.1) is 0 Å². The average Bonchev–Trinajstić information content (AvgIpc) is 3.40. The lowest BCUT2D eigenvalue weighted by Crippen LogP contribution is -2.33. The fraction of sp³-hybridized carbons (Fsp3) is 0.158. The topological polar surface area (TPSA) is 88.4 Å². The van der Waals surface area contributed by atoms with Gasteiger partial charge in [0, 0.05) is 12.2 Å². The van der Waals surface area contributed by atoms with Crippen molar-refractivity contribution in [1.29, 1.82) is 0 Å². The van der Waals surface area contributed by atoms with E-state index in [1.165, 1.54) is 22.7 Å². The smallest absolute Gasteiger partial charge is 0.320 e. The van der Waals surface area contributed by atoms with E-state index < -0.39 is 0 Å². The quantitative estimate of drug-likeness (QED) is 0.480. The van der Waals surface area contributed by atoms with Crippen LogP contribution in [0.5, 0.6) is 0 Å². The maximum absolute atomic E-state index is 12.7. The van der Waals surface area contributed by atoms with Gasteiger partial charge in [-0.3, -0.25) is 10.1 Å².